The third kappa shape index (κ3) is 4.20. The molecule has 2 rings (SSSR count). The lowest BCUT2D eigenvalue weighted by Gasteiger charge is -2.35. The van der Waals surface area contributed by atoms with Crippen LogP contribution in [0.1, 0.15) is 37.3 Å². The van der Waals surface area contributed by atoms with E-state index in [2.05, 4.69) is 36.2 Å². The predicted octanol–water partition coefficient (Wildman–Crippen LogP) is 3.61. The topological polar surface area (TPSA) is 15.3 Å². The summed E-state index contributed by atoms with van der Waals surface area (Å²) in [6.45, 7) is 8.95. The first kappa shape index (κ1) is 14.8. The number of benzene rings is 1. The van der Waals surface area contributed by atoms with Crippen LogP contribution in [0.3, 0.4) is 0 Å². The van der Waals surface area contributed by atoms with E-state index in [1.165, 1.54) is 43.5 Å². The van der Waals surface area contributed by atoms with Crippen LogP contribution in [0.5, 0.6) is 0 Å². The molecule has 19 heavy (non-hydrogen) atoms. The quantitative estimate of drug-likeness (QED) is 0.886. The van der Waals surface area contributed by atoms with Gasteiger partial charge >= 0.3 is 0 Å². The maximum absolute atomic E-state index is 6.04. The van der Waals surface area contributed by atoms with Gasteiger partial charge in [-0.05, 0) is 62.5 Å². The van der Waals surface area contributed by atoms with Crippen LogP contribution in [-0.4, -0.2) is 30.6 Å². The minimum absolute atomic E-state index is 0.684. The molecule has 2 nitrogen and oxygen atoms in total. The molecule has 3 heteroatoms. The van der Waals surface area contributed by atoms with Gasteiger partial charge < -0.3 is 5.32 Å². The van der Waals surface area contributed by atoms with E-state index in [1.54, 1.807) is 0 Å². The summed E-state index contributed by atoms with van der Waals surface area (Å²) < 4.78 is 0. The lowest BCUT2D eigenvalue weighted by atomic mass is 10.0. The summed E-state index contributed by atoms with van der Waals surface area (Å²) in [4.78, 5) is 2.63. The molecule has 0 radical (unpaired) electrons. The van der Waals surface area contributed by atoms with Crippen molar-refractivity contribution in [3.8, 4) is 0 Å². The lowest BCUT2D eigenvalue weighted by Crippen LogP contribution is -2.46. The van der Waals surface area contributed by atoms with Crippen LogP contribution >= 0.6 is 11.6 Å². The van der Waals surface area contributed by atoms with Crippen molar-refractivity contribution in [2.24, 2.45) is 0 Å². The third-order valence-corrected chi connectivity index (χ3v) is 4.21. The highest BCUT2D eigenvalue weighted by atomic mass is 35.5. The Morgan fingerprint density at radius 1 is 1.42 bits per heavy atom. The monoisotopic (exact) mass is 280 g/mol. The van der Waals surface area contributed by atoms with Crippen molar-refractivity contribution in [3.05, 3.63) is 34.3 Å². The van der Waals surface area contributed by atoms with Gasteiger partial charge in [-0.1, -0.05) is 24.6 Å². The lowest BCUT2D eigenvalue weighted by molar-refractivity contribution is 0.157. The van der Waals surface area contributed by atoms with E-state index in [-0.39, 0.29) is 0 Å². The fraction of sp³-hybridized carbons (Fsp3) is 0.625. The molecule has 1 aromatic carbocycles. The SMILES string of the molecule is CCCN(Cc1ccc(Cl)cc1C)C1CCCNC1. The Morgan fingerprint density at radius 2 is 2.26 bits per heavy atom. The Morgan fingerprint density at radius 3 is 2.89 bits per heavy atom. The molecule has 1 N–H and O–H groups in total. The molecule has 0 bridgehead atoms. The van der Waals surface area contributed by atoms with E-state index < -0.39 is 0 Å². The van der Waals surface area contributed by atoms with Gasteiger partial charge in [-0.15, -0.1) is 0 Å². The minimum Gasteiger partial charge on any atom is -0.315 e. The number of rotatable bonds is 5. The van der Waals surface area contributed by atoms with Crippen LogP contribution in [-0.2, 0) is 6.54 Å². The molecule has 1 heterocycles. The number of nitrogens with zero attached hydrogens (tertiary/aromatic N) is 1. The summed E-state index contributed by atoms with van der Waals surface area (Å²) in [5, 5.41) is 4.36. The molecule has 106 valence electrons. The standard InChI is InChI=1S/C16H25ClN2/c1-3-9-19(16-5-4-8-18-11-16)12-14-6-7-15(17)10-13(14)2/h6-7,10,16,18H,3-5,8-9,11-12H2,1-2H3. The van der Waals surface area contributed by atoms with Crippen LogP contribution in [0.25, 0.3) is 0 Å². The van der Waals surface area contributed by atoms with Gasteiger partial charge in [-0.25, -0.2) is 0 Å². The first-order chi connectivity index (χ1) is 9.20. The smallest absolute Gasteiger partial charge is 0.0408 e. The molecule has 1 atom stereocenters. The second-order valence-corrected chi connectivity index (χ2v) is 5.98. The Hall–Kier alpha value is -0.570. The molecule has 0 aliphatic carbocycles. The first-order valence-electron chi connectivity index (χ1n) is 7.40. The summed E-state index contributed by atoms with van der Waals surface area (Å²) in [7, 11) is 0. The van der Waals surface area contributed by atoms with Gasteiger partial charge in [0.05, 0.1) is 0 Å². The second-order valence-electron chi connectivity index (χ2n) is 5.54. The molecule has 0 amide bonds. The van der Waals surface area contributed by atoms with Crippen LogP contribution in [0.4, 0.5) is 0 Å². The maximum atomic E-state index is 6.04. The highest BCUT2D eigenvalue weighted by Gasteiger charge is 2.20. The van der Waals surface area contributed by atoms with E-state index in [1.807, 2.05) is 6.07 Å². The van der Waals surface area contributed by atoms with Crippen LogP contribution in [0, 0.1) is 6.92 Å². The molecule has 1 fully saturated rings. The highest BCUT2D eigenvalue weighted by Crippen LogP contribution is 2.20. The second kappa shape index (κ2) is 7.28. The molecular formula is C16H25ClN2. The van der Waals surface area contributed by atoms with Crippen LogP contribution < -0.4 is 5.32 Å². The van der Waals surface area contributed by atoms with Crippen LogP contribution in [0.2, 0.25) is 5.02 Å². The van der Waals surface area contributed by atoms with Gasteiger partial charge in [0.25, 0.3) is 0 Å². The van der Waals surface area contributed by atoms with E-state index in [0.29, 0.717) is 6.04 Å². The van der Waals surface area contributed by atoms with Gasteiger partial charge in [0.2, 0.25) is 0 Å². The van der Waals surface area contributed by atoms with Crippen molar-refractivity contribution in [2.45, 2.75) is 45.7 Å². The van der Waals surface area contributed by atoms with E-state index in [0.717, 1.165) is 18.1 Å². The Kier molecular flexibility index (Phi) is 5.68. The molecule has 0 aromatic heterocycles. The highest BCUT2D eigenvalue weighted by molar-refractivity contribution is 6.30. The normalized spacial score (nSPS) is 19.9. The zero-order valence-electron chi connectivity index (χ0n) is 12.1. The number of halogens is 1. The molecule has 1 unspecified atom stereocenters. The van der Waals surface area contributed by atoms with Crippen molar-refractivity contribution in [2.75, 3.05) is 19.6 Å². The molecule has 0 spiro atoms. The van der Waals surface area contributed by atoms with Gasteiger partial charge in [0.1, 0.15) is 0 Å². The van der Waals surface area contributed by atoms with Gasteiger partial charge in [0, 0.05) is 24.2 Å². The van der Waals surface area contributed by atoms with Gasteiger partial charge in [0.15, 0.2) is 0 Å². The largest absolute Gasteiger partial charge is 0.315 e. The van der Waals surface area contributed by atoms with Crippen molar-refractivity contribution >= 4 is 11.6 Å². The third-order valence-electron chi connectivity index (χ3n) is 3.98. The van der Waals surface area contributed by atoms with E-state index >= 15 is 0 Å². The minimum atomic E-state index is 0.684. The van der Waals surface area contributed by atoms with Crippen molar-refractivity contribution in [3.63, 3.8) is 0 Å². The Bertz CT molecular complexity index is 400. The van der Waals surface area contributed by atoms with E-state index in [4.69, 9.17) is 11.6 Å². The summed E-state index contributed by atoms with van der Waals surface area (Å²) in [6, 6.07) is 6.94. The van der Waals surface area contributed by atoms with Crippen LogP contribution in [0.15, 0.2) is 18.2 Å². The summed E-state index contributed by atoms with van der Waals surface area (Å²) >= 11 is 6.04. The number of piperidine rings is 1. The molecule has 1 aliphatic rings. The molecular weight excluding hydrogens is 256 g/mol. The summed E-state index contributed by atoms with van der Waals surface area (Å²) in [5.74, 6) is 0. The van der Waals surface area contributed by atoms with Gasteiger partial charge in [-0.2, -0.15) is 0 Å². The molecule has 1 aromatic rings. The zero-order chi connectivity index (χ0) is 13.7. The average molecular weight is 281 g/mol. The predicted molar refractivity (Wildman–Crippen MR) is 82.8 cm³/mol. The fourth-order valence-corrected chi connectivity index (χ4v) is 3.11. The molecule has 1 aliphatic heterocycles. The number of nitrogens with one attached hydrogen (secondary N) is 1. The summed E-state index contributed by atoms with van der Waals surface area (Å²) in [5.41, 5.74) is 2.71. The zero-order valence-corrected chi connectivity index (χ0v) is 12.8. The maximum Gasteiger partial charge on any atom is 0.0408 e. The van der Waals surface area contributed by atoms with Crippen molar-refractivity contribution in [1.29, 1.82) is 0 Å². The number of hydrogen-bond donors (Lipinski definition) is 1. The average Bonchev–Trinajstić information content (AvgIpc) is 2.42. The Balaban J connectivity index is 2.06. The summed E-state index contributed by atoms with van der Waals surface area (Å²) in [6.07, 6.45) is 3.83. The molecule has 1 saturated heterocycles. The van der Waals surface area contributed by atoms with Crippen molar-refractivity contribution < 1.29 is 0 Å². The fourth-order valence-electron chi connectivity index (χ4n) is 2.88. The first-order valence-corrected chi connectivity index (χ1v) is 7.78. The Labute approximate surface area is 122 Å². The van der Waals surface area contributed by atoms with Gasteiger partial charge in [-0.3, -0.25) is 4.90 Å². The molecule has 0 saturated carbocycles. The number of hydrogen-bond acceptors (Lipinski definition) is 2. The van der Waals surface area contributed by atoms with E-state index in [9.17, 15) is 0 Å². The van der Waals surface area contributed by atoms with Crippen molar-refractivity contribution in [1.82, 2.24) is 10.2 Å². The number of aryl methyl sites for hydroxylation is 1.